The lowest BCUT2D eigenvalue weighted by atomic mass is 10.1. The van der Waals surface area contributed by atoms with Crippen LogP contribution in [0.1, 0.15) is 181 Å². The van der Waals surface area contributed by atoms with Crippen LogP contribution < -0.4 is 0 Å². The highest BCUT2D eigenvalue weighted by atomic mass is 16.6. The summed E-state index contributed by atoms with van der Waals surface area (Å²) in [5, 5.41) is 0. The van der Waals surface area contributed by atoms with Crippen LogP contribution in [0.2, 0.25) is 0 Å². The fraction of sp³-hybridized carbons (Fsp3) is 0.895. The fourth-order valence-electron chi connectivity index (χ4n) is 5.26. The minimum atomic E-state index is -0.894. The lowest BCUT2D eigenvalue weighted by molar-refractivity contribution is -0.167. The maximum absolute atomic E-state index is 12.6. The van der Waals surface area contributed by atoms with Crippen molar-refractivity contribution in [3.05, 3.63) is 0 Å². The van der Waals surface area contributed by atoms with Crippen molar-refractivity contribution in [1.82, 2.24) is 0 Å². The van der Waals surface area contributed by atoms with Gasteiger partial charge in [0.2, 0.25) is 0 Å². The molecule has 0 fully saturated rings. The number of rotatable bonds is 35. The molecule has 0 heterocycles. The molecule has 0 aliphatic heterocycles. The first kappa shape index (κ1) is 44.8. The Bertz CT molecular complexity index is 755. The van der Waals surface area contributed by atoms with Crippen LogP contribution in [-0.4, -0.2) is 63.5 Å². The summed E-state index contributed by atoms with van der Waals surface area (Å²) in [6.07, 6.45) is 25.6. The highest BCUT2D eigenvalue weighted by Gasteiger charge is 2.20. The molecule has 0 saturated heterocycles. The summed E-state index contributed by atoms with van der Waals surface area (Å²) < 4.78 is 26.0. The molecule has 0 aromatic heterocycles. The highest BCUT2D eigenvalue weighted by molar-refractivity contribution is 5.77. The van der Waals surface area contributed by atoms with Crippen molar-refractivity contribution in [2.45, 2.75) is 187 Å². The molecule has 0 rings (SSSR count). The Kier molecular flexibility index (Phi) is 33.5. The summed E-state index contributed by atoms with van der Waals surface area (Å²) in [6.45, 7) is 4.45. The molecule has 9 nitrogen and oxygen atoms in total. The molecular weight excluding hydrogens is 600 g/mol. The predicted molar refractivity (Wildman–Crippen MR) is 186 cm³/mol. The van der Waals surface area contributed by atoms with Crippen LogP contribution in [0.5, 0.6) is 0 Å². The molecule has 9 heteroatoms. The third kappa shape index (κ3) is 33.5. The van der Waals surface area contributed by atoms with E-state index >= 15 is 0 Å². The van der Waals surface area contributed by atoms with Gasteiger partial charge in [-0.1, -0.05) is 142 Å². The van der Waals surface area contributed by atoms with Gasteiger partial charge in [0.15, 0.2) is 6.10 Å². The molecule has 0 N–H and O–H groups in total. The van der Waals surface area contributed by atoms with Crippen molar-refractivity contribution in [2.75, 3.05) is 33.5 Å². The SMILES string of the molecule is CCCCCCCCCCCCCC(=O)OCC(COC(=O)CCC(=O)OCCOC)OC(=O)CCCCCCCCCCCCC. The number of hydrogen-bond donors (Lipinski definition) is 0. The van der Waals surface area contributed by atoms with Gasteiger partial charge in [0.1, 0.15) is 19.8 Å². The van der Waals surface area contributed by atoms with E-state index in [9.17, 15) is 19.2 Å². The number of carbonyl (C=O) groups excluding carboxylic acids is 4. The van der Waals surface area contributed by atoms with Gasteiger partial charge in [-0.25, -0.2) is 0 Å². The Labute approximate surface area is 286 Å². The van der Waals surface area contributed by atoms with Crippen LogP contribution in [0.25, 0.3) is 0 Å². The number of hydrogen-bond acceptors (Lipinski definition) is 9. The van der Waals surface area contributed by atoms with Crippen LogP contribution in [-0.2, 0) is 42.9 Å². The van der Waals surface area contributed by atoms with Crippen molar-refractivity contribution in [3.8, 4) is 0 Å². The van der Waals surface area contributed by atoms with Crippen LogP contribution in [0.15, 0.2) is 0 Å². The summed E-state index contributed by atoms with van der Waals surface area (Å²) in [7, 11) is 1.50. The second kappa shape index (κ2) is 35.2. The van der Waals surface area contributed by atoms with Gasteiger partial charge in [-0.15, -0.1) is 0 Å². The molecule has 0 radical (unpaired) electrons. The molecular formula is C38H70O9. The molecule has 0 aliphatic rings. The number of ether oxygens (including phenoxy) is 5. The molecule has 0 spiro atoms. The third-order valence-corrected chi connectivity index (χ3v) is 8.21. The standard InChI is InChI=1S/C38H70O9/c1-4-6-8-10-12-14-16-18-20-22-24-26-35(39)45-32-34(33-46-37(41)29-28-36(40)44-31-30-43-3)47-38(42)27-25-23-21-19-17-15-13-11-9-7-5-2/h34H,4-33H2,1-3H3. The normalized spacial score (nSPS) is 11.6. The molecule has 0 saturated carbocycles. The second-order valence-corrected chi connectivity index (χ2v) is 12.8. The van der Waals surface area contributed by atoms with Crippen LogP contribution in [0, 0.1) is 0 Å². The van der Waals surface area contributed by atoms with Gasteiger partial charge in [0.05, 0.1) is 19.4 Å². The molecule has 0 aromatic carbocycles. The largest absolute Gasteiger partial charge is 0.463 e. The van der Waals surface area contributed by atoms with E-state index in [0.29, 0.717) is 6.42 Å². The average molecular weight is 671 g/mol. The zero-order valence-corrected chi connectivity index (χ0v) is 30.5. The van der Waals surface area contributed by atoms with Crippen molar-refractivity contribution in [3.63, 3.8) is 0 Å². The molecule has 1 unspecified atom stereocenters. The maximum atomic E-state index is 12.6. The van der Waals surface area contributed by atoms with Crippen molar-refractivity contribution in [2.24, 2.45) is 0 Å². The van der Waals surface area contributed by atoms with Gasteiger partial charge >= 0.3 is 23.9 Å². The summed E-state index contributed by atoms with van der Waals surface area (Å²) in [4.78, 5) is 48.9. The van der Waals surface area contributed by atoms with E-state index in [4.69, 9.17) is 23.7 Å². The van der Waals surface area contributed by atoms with Gasteiger partial charge < -0.3 is 23.7 Å². The lowest BCUT2D eigenvalue weighted by Crippen LogP contribution is -2.31. The van der Waals surface area contributed by atoms with Crippen LogP contribution in [0.3, 0.4) is 0 Å². The Balaban J connectivity index is 4.38. The topological polar surface area (TPSA) is 114 Å². The fourth-order valence-corrected chi connectivity index (χ4v) is 5.26. The van der Waals surface area contributed by atoms with Crippen molar-refractivity contribution in [1.29, 1.82) is 0 Å². The Morgan fingerprint density at radius 1 is 0.404 bits per heavy atom. The molecule has 276 valence electrons. The van der Waals surface area contributed by atoms with E-state index in [1.807, 2.05) is 0 Å². The monoisotopic (exact) mass is 671 g/mol. The zero-order chi connectivity index (χ0) is 34.6. The molecule has 0 amide bonds. The van der Waals surface area contributed by atoms with Crippen molar-refractivity contribution < 1.29 is 42.9 Å². The first-order valence-corrected chi connectivity index (χ1v) is 19.1. The molecule has 0 bridgehead atoms. The molecule has 1 atom stereocenters. The first-order chi connectivity index (χ1) is 22.9. The number of unbranched alkanes of at least 4 members (excludes halogenated alkanes) is 20. The summed E-state index contributed by atoms with van der Waals surface area (Å²) in [5.74, 6) is -1.89. The van der Waals surface area contributed by atoms with E-state index in [1.54, 1.807) is 0 Å². The second-order valence-electron chi connectivity index (χ2n) is 12.8. The van der Waals surface area contributed by atoms with E-state index in [-0.39, 0.29) is 51.7 Å². The van der Waals surface area contributed by atoms with E-state index < -0.39 is 24.0 Å². The number of esters is 4. The van der Waals surface area contributed by atoms with Gasteiger partial charge in [0, 0.05) is 20.0 Å². The van der Waals surface area contributed by atoms with Crippen molar-refractivity contribution >= 4 is 23.9 Å². The average Bonchev–Trinajstić information content (AvgIpc) is 3.06. The van der Waals surface area contributed by atoms with E-state index in [1.165, 1.54) is 110 Å². The predicted octanol–water partition coefficient (Wildman–Crippen LogP) is 9.36. The summed E-state index contributed by atoms with van der Waals surface area (Å²) in [6, 6.07) is 0. The first-order valence-electron chi connectivity index (χ1n) is 19.1. The van der Waals surface area contributed by atoms with Gasteiger partial charge in [0.25, 0.3) is 0 Å². The zero-order valence-electron chi connectivity index (χ0n) is 30.5. The molecule has 0 aliphatic carbocycles. The van der Waals surface area contributed by atoms with Gasteiger partial charge in [-0.2, -0.15) is 0 Å². The van der Waals surface area contributed by atoms with E-state index in [2.05, 4.69) is 13.8 Å². The Hall–Kier alpha value is -2.16. The third-order valence-electron chi connectivity index (χ3n) is 8.21. The van der Waals surface area contributed by atoms with Gasteiger partial charge in [-0.3, -0.25) is 19.2 Å². The Morgan fingerprint density at radius 3 is 1.15 bits per heavy atom. The minimum Gasteiger partial charge on any atom is -0.463 e. The smallest absolute Gasteiger partial charge is 0.306 e. The number of methoxy groups -OCH3 is 1. The highest BCUT2D eigenvalue weighted by Crippen LogP contribution is 2.14. The maximum Gasteiger partial charge on any atom is 0.306 e. The molecule has 47 heavy (non-hydrogen) atoms. The van der Waals surface area contributed by atoms with Crippen LogP contribution >= 0.6 is 0 Å². The van der Waals surface area contributed by atoms with Crippen LogP contribution in [0.4, 0.5) is 0 Å². The van der Waals surface area contributed by atoms with Gasteiger partial charge in [-0.05, 0) is 12.8 Å². The summed E-state index contributed by atoms with van der Waals surface area (Å²) in [5.41, 5.74) is 0. The van der Waals surface area contributed by atoms with E-state index in [0.717, 1.165) is 38.5 Å². The minimum absolute atomic E-state index is 0.117. The summed E-state index contributed by atoms with van der Waals surface area (Å²) >= 11 is 0. The quantitative estimate of drug-likeness (QED) is 0.0369. The lowest BCUT2D eigenvalue weighted by Gasteiger charge is -2.18. The number of carbonyl (C=O) groups is 4. The molecule has 0 aromatic rings. The Morgan fingerprint density at radius 2 is 0.745 bits per heavy atom.